The van der Waals surface area contributed by atoms with Gasteiger partial charge in [-0.05, 0) is 37.3 Å². The fraction of sp³-hybridized carbons (Fsp3) is 0.259. The number of nitrogens with one attached hydrogen (secondary N) is 1. The third kappa shape index (κ3) is 6.74. The first-order chi connectivity index (χ1) is 19.3. The maximum atomic E-state index is 13.6. The molecule has 4 rings (SSSR count). The number of carbonyl (C=O) groups is 1. The average molecular weight is 568 g/mol. The number of nitro benzene ring substituents is 1. The van der Waals surface area contributed by atoms with E-state index in [9.17, 15) is 23.3 Å². The van der Waals surface area contributed by atoms with Crippen molar-refractivity contribution < 1.29 is 27.6 Å². The van der Waals surface area contributed by atoms with Gasteiger partial charge < -0.3 is 14.4 Å². The fourth-order valence-corrected chi connectivity index (χ4v) is 5.60. The summed E-state index contributed by atoms with van der Waals surface area (Å²) >= 11 is 0. The molecule has 1 aliphatic rings. The largest absolute Gasteiger partial charge is 0.492 e. The van der Waals surface area contributed by atoms with E-state index in [1.807, 2.05) is 4.90 Å². The molecular formula is C27H29N5O7S. The van der Waals surface area contributed by atoms with Crippen LogP contribution in [0, 0.1) is 10.1 Å². The summed E-state index contributed by atoms with van der Waals surface area (Å²) in [5, 5.41) is 15.3. The number of para-hydroxylation sites is 2. The molecule has 0 aromatic heterocycles. The van der Waals surface area contributed by atoms with Gasteiger partial charge in [-0.15, -0.1) is 0 Å². The lowest BCUT2D eigenvalue weighted by molar-refractivity contribution is -0.384. The standard InChI is InChI=1S/C27H29N5O7S/c1-2-39-26-11-7-6-10-25(26)31(40(36,37)23-8-4-3-5-9-23)20-27(33)29-28-19-21-18-22(32(34)35)12-13-24(21)30-14-16-38-17-15-30/h3-13,18-19H,2,14-17,20H2,1H3,(H,29,33)/b28-19+. The van der Waals surface area contributed by atoms with Gasteiger partial charge in [0.2, 0.25) is 0 Å². The third-order valence-corrected chi connectivity index (χ3v) is 7.79. The molecule has 0 aliphatic carbocycles. The predicted octanol–water partition coefficient (Wildman–Crippen LogP) is 3.18. The lowest BCUT2D eigenvalue weighted by Gasteiger charge is -2.29. The van der Waals surface area contributed by atoms with Crippen LogP contribution in [-0.4, -0.2) is 64.9 Å². The van der Waals surface area contributed by atoms with Crippen LogP contribution >= 0.6 is 0 Å². The second-order valence-corrected chi connectivity index (χ2v) is 10.5. The van der Waals surface area contributed by atoms with Crippen LogP contribution in [0.25, 0.3) is 0 Å². The van der Waals surface area contributed by atoms with Crippen molar-refractivity contribution in [2.45, 2.75) is 11.8 Å². The SMILES string of the molecule is CCOc1ccccc1N(CC(=O)N/N=C/c1cc([N+](=O)[O-])ccc1N1CCOCC1)S(=O)(=O)c1ccccc1. The summed E-state index contributed by atoms with van der Waals surface area (Å²) in [6, 6.07) is 18.7. The molecular weight excluding hydrogens is 538 g/mol. The molecule has 12 nitrogen and oxygen atoms in total. The van der Waals surface area contributed by atoms with E-state index in [1.165, 1.54) is 30.5 Å². The van der Waals surface area contributed by atoms with Crippen molar-refractivity contribution in [3.8, 4) is 5.75 Å². The number of sulfonamides is 1. The molecule has 0 bridgehead atoms. The summed E-state index contributed by atoms with van der Waals surface area (Å²) in [5.74, 6) is -0.423. The number of rotatable bonds is 11. The van der Waals surface area contributed by atoms with E-state index in [0.29, 0.717) is 49.9 Å². The van der Waals surface area contributed by atoms with Crippen molar-refractivity contribution in [3.05, 3.63) is 88.5 Å². The van der Waals surface area contributed by atoms with Crippen LogP contribution in [0.1, 0.15) is 12.5 Å². The van der Waals surface area contributed by atoms with Crippen molar-refractivity contribution in [2.75, 3.05) is 48.7 Å². The molecule has 1 heterocycles. The van der Waals surface area contributed by atoms with Crippen molar-refractivity contribution in [3.63, 3.8) is 0 Å². The van der Waals surface area contributed by atoms with Crippen LogP contribution in [0.5, 0.6) is 5.75 Å². The van der Waals surface area contributed by atoms with Gasteiger partial charge in [-0.1, -0.05) is 30.3 Å². The molecule has 1 saturated heterocycles. The zero-order valence-electron chi connectivity index (χ0n) is 21.8. The molecule has 0 unspecified atom stereocenters. The van der Waals surface area contributed by atoms with Gasteiger partial charge >= 0.3 is 0 Å². The Balaban J connectivity index is 1.60. The summed E-state index contributed by atoms with van der Waals surface area (Å²) in [6.07, 6.45) is 1.31. The van der Waals surface area contributed by atoms with Gasteiger partial charge in [0.15, 0.2) is 0 Å². The van der Waals surface area contributed by atoms with E-state index in [-0.39, 0.29) is 16.3 Å². The number of non-ortho nitro benzene ring substituents is 1. The quantitative estimate of drug-likeness (QED) is 0.211. The van der Waals surface area contributed by atoms with Crippen LogP contribution in [0.3, 0.4) is 0 Å². The second kappa shape index (κ2) is 13.0. The Morgan fingerprint density at radius 2 is 1.82 bits per heavy atom. The highest BCUT2D eigenvalue weighted by molar-refractivity contribution is 7.92. The smallest absolute Gasteiger partial charge is 0.270 e. The molecule has 1 amide bonds. The Labute approximate surface area is 232 Å². The van der Waals surface area contributed by atoms with Gasteiger partial charge in [0.25, 0.3) is 21.6 Å². The number of benzene rings is 3. The van der Waals surface area contributed by atoms with Crippen LogP contribution in [0.2, 0.25) is 0 Å². The van der Waals surface area contributed by atoms with Crippen LogP contribution in [0.15, 0.2) is 82.8 Å². The Morgan fingerprint density at radius 1 is 1.12 bits per heavy atom. The highest BCUT2D eigenvalue weighted by Gasteiger charge is 2.29. The number of hydrazone groups is 1. The molecule has 40 heavy (non-hydrogen) atoms. The van der Waals surface area contributed by atoms with E-state index in [2.05, 4.69) is 10.5 Å². The highest BCUT2D eigenvalue weighted by atomic mass is 32.2. The molecule has 1 fully saturated rings. The Morgan fingerprint density at radius 3 is 2.52 bits per heavy atom. The van der Waals surface area contributed by atoms with E-state index < -0.39 is 27.4 Å². The number of carbonyl (C=O) groups excluding carboxylic acids is 1. The third-order valence-electron chi connectivity index (χ3n) is 6.02. The lowest BCUT2D eigenvalue weighted by atomic mass is 10.1. The number of nitrogens with zero attached hydrogens (tertiary/aromatic N) is 4. The number of amides is 1. The Hall–Kier alpha value is -4.49. The zero-order chi connectivity index (χ0) is 28.5. The lowest BCUT2D eigenvalue weighted by Crippen LogP contribution is -2.39. The first-order valence-electron chi connectivity index (χ1n) is 12.5. The van der Waals surface area contributed by atoms with Crippen molar-refractivity contribution in [1.29, 1.82) is 0 Å². The summed E-state index contributed by atoms with van der Waals surface area (Å²) < 4.78 is 39.2. The molecule has 0 radical (unpaired) electrons. The van der Waals surface area contributed by atoms with Crippen LogP contribution in [-0.2, 0) is 19.6 Å². The highest BCUT2D eigenvalue weighted by Crippen LogP contribution is 2.32. The van der Waals surface area contributed by atoms with Gasteiger partial charge in [0.05, 0.1) is 41.5 Å². The number of hydrogen-bond donors (Lipinski definition) is 1. The van der Waals surface area contributed by atoms with E-state index in [1.54, 1.807) is 55.5 Å². The maximum Gasteiger partial charge on any atom is 0.270 e. The summed E-state index contributed by atoms with van der Waals surface area (Å²) in [4.78, 5) is 25.9. The molecule has 13 heteroatoms. The topological polar surface area (TPSA) is 144 Å². The number of ether oxygens (including phenoxy) is 2. The van der Waals surface area contributed by atoms with E-state index >= 15 is 0 Å². The molecule has 0 atom stereocenters. The Bertz CT molecular complexity index is 1480. The van der Waals surface area contributed by atoms with Crippen molar-refractivity contribution in [2.24, 2.45) is 5.10 Å². The minimum absolute atomic E-state index is 0.00403. The van der Waals surface area contributed by atoms with Crippen LogP contribution < -0.4 is 19.4 Å². The van der Waals surface area contributed by atoms with Gasteiger partial charge in [-0.2, -0.15) is 5.10 Å². The van der Waals surface area contributed by atoms with Crippen molar-refractivity contribution in [1.82, 2.24) is 5.43 Å². The van der Waals surface area contributed by atoms with Gasteiger partial charge in [-0.25, -0.2) is 13.8 Å². The average Bonchev–Trinajstić information content (AvgIpc) is 2.97. The minimum atomic E-state index is -4.16. The number of anilines is 2. The number of nitro groups is 1. The second-order valence-electron chi connectivity index (χ2n) is 8.62. The molecule has 0 saturated carbocycles. The molecule has 210 valence electrons. The van der Waals surface area contributed by atoms with Gasteiger partial charge in [-0.3, -0.25) is 19.2 Å². The summed E-state index contributed by atoms with van der Waals surface area (Å²) in [7, 11) is -4.16. The first kappa shape index (κ1) is 28.5. The Kier molecular flexibility index (Phi) is 9.30. The predicted molar refractivity (Wildman–Crippen MR) is 150 cm³/mol. The molecule has 1 aliphatic heterocycles. The van der Waals surface area contributed by atoms with Gasteiger partial charge in [0, 0.05) is 36.5 Å². The van der Waals surface area contributed by atoms with Crippen LogP contribution in [0.4, 0.5) is 17.1 Å². The zero-order valence-corrected chi connectivity index (χ0v) is 22.6. The van der Waals surface area contributed by atoms with Gasteiger partial charge in [0.1, 0.15) is 12.3 Å². The molecule has 3 aromatic carbocycles. The van der Waals surface area contributed by atoms with Crippen molar-refractivity contribution >= 4 is 39.2 Å². The first-order valence-corrected chi connectivity index (χ1v) is 14.0. The molecule has 1 N–H and O–H groups in total. The number of morpholine rings is 1. The monoisotopic (exact) mass is 567 g/mol. The molecule has 0 spiro atoms. The minimum Gasteiger partial charge on any atom is -0.492 e. The van der Waals surface area contributed by atoms with E-state index in [4.69, 9.17) is 9.47 Å². The fourth-order valence-electron chi connectivity index (χ4n) is 4.15. The number of hydrogen-bond acceptors (Lipinski definition) is 9. The molecule has 3 aromatic rings. The summed E-state index contributed by atoms with van der Waals surface area (Å²) in [5.41, 5.74) is 3.55. The maximum absolute atomic E-state index is 13.6. The van der Waals surface area contributed by atoms with E-state index in [0.717, 1.165) is 4.31 Å². The summed E-state index contributed by atoms with van der Waals surface area (Å²) in [6.45, 7) is 3.68. The normalized spacial score (nSPS) is 13.7.